The van der Waals surface area contributed by atoms with E-state index in [0.717, 1.165) is 12.1 Å². The molecule has 1 aromatic heterocycles. The maximum Gasteiger partial charge on any atom is 0.416 e. The Bertz CT molecular complexity index is 832. The number of rotatable bonds is 2. The summed E-state index contributed by atoms with van der Waals surface area (Å²) in [5.41, 5.74) is 6.43. The Kier molecular flexibility index (Phi) is 3.69. The van der Waals surface area contributed by atoms with Crippen molar-refractivity contribution in [2.75, 3.05) is 5.73 Å². The number of nitrogen functional groups attached to an aromatic ring is 1. The molecule has 116 valence electrons. The van der Waals surface area contributed by atoms with E-state index in [9.17, 15) is 13.2 Å². The first-order valence-corrected chi connectivity index (χ1v) is 6.68. The molecule has 0 saturated carbocycles. The van der Waals surface area contributed by atoms with E-state index in [2.05, 4.69) is 15.2 Å². The lowest BCUT2D eigenvalue weighted by Crippen LogP contribution is -2.06. The van der Waals surface area contributed by atoms with Gasteiger partial charge in [-0.05, 0) is 12.1 Å². The van der Waals surface area contributed by atoms with Crippen LogP contribution in [0.3, 0.4) is 0 Å². The van der Waals surface area contributed by atoms with Crippen LogP contribution in [-0.2, 0) is 6.18 Å². The number of nitrogens with two attached hydrogens (primary N) is 1. The first-order chi connectivity index (χ1) is 10.9. The number of nitrogens with zero attached hydrogens (tertiary/aromatic N) is 3. The highest BCUT2D eigenvalue weighted by Gasteiger charge is 2.30. The molecule has 23 heavy (non-hydrogen) atoms. The normalized spacial score (nSPS) is 11.4. The summed E-state index contributed by atoms with van der Waals surface area (Å²) < 4.78 is 38.7. The van der Waals surface area contributed by atoms with Crippen LogP contribution in [0.5, 0.6) is 0 Å². The molecule has 0 saturated heterocycles. The van der Waals surface area contributed by atoms with E-state index in [1.54, 1.807) is 24.3 Å². The van der Waals surface area contributed by atoms with E-state index in [-0.39, 0.29) is 17.2 Å². The molecule has 0 aliphatic carbocycles. The van der Waals surface area contributed by atoms with Gasteiger partial charge in [0.1, 0.15) is 11.4 Å². The van der Waals surface area contributed by atoms with Crippen molar-refractivity contribution in [3.8, 4) is 22.5 Å². The number of halogens is 3. The average molecular weight is 316 g/mol. The van der Waals surface area contributed by atoms with Crippen LogP contribution in [-0.4, -0.2) is 15.2 Å². The minimum Gasteiger partial charge on any atom is -0.366 e. The summed E-state index contributed by atoms with van der Waals surface area (Å²) in [5.74, 6) is -0.0421. The number of aromatic nitrogens is 3. The van der Waals surface area contributed by atoms with E-state index >= 15 is 0 Å². The van der Waals surface area contributed by atoms with Gasteiger partial charge in [0.25, 0.3) is 0 Å². The van der Waals surface area contributed by atoms with Crippen LogP contribution in [0.4, 0.5) is 19.1 Å². The topological polar surface area (TPSA) is 64.7 Å². The number of hydrogen-bond donors (Lipinski definition) is 1. The van der Waals surface area contributed by atoms with Gasteiger partial charge in [-0.1, -0.05) is 42.5 Å². The van der Waals surface area contributed by atoms with Gasteiger partial charge < -0.3 is 5.73 Å². The second-order valence-electron chi connectivity index (χ2n) is 4.81. The van der Waals surface area contributed by atoms with Gasteiger partial charge in [-0.2, -0.15) is 13.2 Å². The molecule has 0 aliphatic heterocycles. The fourth-order valence-electron chi connectivity index (χ4n) is 2.17. The summed E-state index contributed by atoms with van der Waals surface area (Å²) in [6.45, 7) is 0. The Morgan fingerprint density at radius 1 is 0.783 bits per heavy atom. The molecule has 2 N–H and O–H groups in total. The predicted octanol–water partition coefficient (Wildman–Crippen LogP) is 3.81. The summed E-state index contributed by atoms with van der Waals surface area (Å²) in [7, 11) is 0. The van der Waals surface area contributed by atoms with Crippen LogP contribution < -0.4 is 5.73 Å². The van der Waals surface area contributed by atoms with Crippen LogP contribution in [0, 0.1) is 0 Å². The van der Waals surface area contributed by atoms with Gasteiger partial charge in [-0.25, -0.2) is 4.98 Å². The quantitative estimate of drug-likeness (QED) is 0.781. The van der Waals surface area contributed by atoms with Crippen molar-refractivity contribution in [3.63, 3.8) is 0 Å². The fraction of sp³-hybridized carbons (Fsp3) is 0.0625. The Morgan fingerprint density at radius 2 is 1.48 bits per heavy atom. The highest BCUT2D eigenvalue weighted by atomic mass is 19.4. The molecule has 0 unspecified atom stereocenters. The standard InChI is InChI=1S/C16H11F3N4/c17-16(18,19)12-8-4-7-11(9-12)14-13(21-15(20)23-22-14)10-5-2-1-3-6-10/h1-9H,(H2,20,21,23). The van der Waals surface area contributed by atoms with E-state index in [1.807, 2.05) is 6.07 Å². The lowest BCUT2D eigenvalue weighted by atomic mass is 10.0. The van der Waals surface area contributed by atoms with Gasteiger partial charge in [0.2, 0.25) is 5.95 Å². The van der Waals surface area contributed by atoms with Crippen molar-refractivity contribution in [2.24, 2.45) is 0 Å². The van der Waals surface area contributed by atoms with Crippen LogP contribution >= 0.6 is 0 Å². The molecule has 0 atom stereocenters. The van der Waals surface area contributed by atoms with Gasteiger partial charge in [0.15, 0.2) is 0 Å². The van der Waals surface area contributed by atoms with E-state index in [0.29, 0.717) is 11.3 Å². The van der Waals surface area contributed by atoms with E-state index < -0.39 is 11.7 Å². The van der Waals surface area contributed by atoms with Crippen LogP contribution in [0.25, 0.3) is 22.5 Å². The molecular weight excluding hydrogens is 305 g/mol. The molecular formula is C16H11F3N4. The number of benzene rings is 2. The molecule has 7 heteroatoms. The fourth-order valence-corrected chi connectivity index (χ4v) is 2.17. The lowest BCUT2D eigenvalue weighted by Gasteiger charge is -2.11. The monoisotopic (exact) mass is 316 g/mol. The summed E-state index contributed by atoms with van der Waals surface area (Å²) >= 11 is 0. The van der Waals surface area contributed by atoms with Crippen LogP contribution in [0.2, 0.25) is 0 Å². The molecule has 0 amide bonds. The number of alkyl halides is 3. The number of anilines is 1. The van der Waals surface area contributed by atoms with Gasteiger partial charge in [0.05, 0.1) is 5.56 Å². The van der Waals surface area contributed by atoms with Crippen molar-refractivity contribution in [2.45, 2.75) is 6.18 Å². The Labute approximate surface area is 129 Å². The summed E-state index contributed by atoms with van der Waals surface area (Å²) in [5, 5.41) is 7.61. The smallest absolute Gasteiger partial charge is 0.366 e. The molecule has 4 nitrogen and oxygen atoms in total. The molecule has 0 fully saturated rings. The van der Waals surface area contributed by atoms with Gasteiger partial charge >= 0.3 is 6.18 Å². The highest BCUT2D eigenvalue weighted by Crippen LogP contribution is 2.34. The van der Waals surface area contributed by atoms with E-state index in [4.69, 9.17) is 5.73 Å². The van der Waals surface area contributed by atoms with Crippen molar-refractivity contribution in [1.29, 1.82) is 0 Å². The van der Waals surface area contributed by atoms with Crippen LogP contribution in [0.15, 0.2) is 54.6 Å². The maximum absolute atomic E-state index is 12.9. The Morgan fingerprint density at radius 3 is 2.17 bits per heavy atom. The third kappa shape index (κ3) is 3.13. The Balaban J connectivity index is 2.18. The minimum atomic E-state index is -4.43. The van der Waals surface area contributed by atoms with Crippen molar-refractivity contribution < 1.29 is 13.2 Å². The Hall–Kier alpha value is -2.96. The summed E-state index contributed by atoms with van der Waals surface area (Å²) in [6, 6.07) is 13.9. The van der Waals surface area contributed by atoms with E-state index in [1.165, 1.54) is 12.1 Å². The van der Waals surface area contributed by atoms with Crippen molar-refractivity contribution in [1.82, 2.24) is 15.2 Å². The third-order valence-electron chi connectivity index (χ3n) is 3.21. The third-order valence-corrected chi connectivity index (χ3v) is 3.21. The van der Waals surface area contributed by atoms with Gasteiger partial charge in [-0.3, -0.25) is 0 Å². The van der Waals surface area contributed by atoms with Crippen LogP contribution in [0.1, 0.15) is 5.56 Å². The first kappa shape index (κ1) is 15.0. The minimum absolute atomic E-state index is 0.0421. The zero-order valence-electron chi connectivity index (χ0n) is 11.7. The van der Waals surface area contributed by atoms with Crippen molar-refractivity contribution in [3.05, 3.63) is 60.2 Å². The molecule has 0 spiro atoms. The summed E-state index contributed by atoms with van der Waals surface area (Å²) in [4.78, 5) is 4.13. The van der Waals surface area contributed by atoms with Gasteiger partial charge in [0, 0.05) is 11.1 Å². The number of hydrogen-bond acceptors (Lipinski definition) is 4. The zero-order valence-corrected chi connectivity index (χ0v) is 11.7. The molecule has 3 aromatic rings. The largest absolute Gasteiger partial charge is 0.416 e. The molecule has 1 heterocycles. The maximum atomic E-state index is 12.9. The first-order valence-electron chi connectivity index (χ1n) is 6.68. The molecule has 0 aliphatic rings. The highest BCUT2D eigenvalue weighted by molar-refractivity contribution is 5.78. The zero-order chi connectivity index (χ0) is 16.4. The predicted molar refractivity (Wildman–Crippen MR) is 80.1 cm³/mol. The molecule has 3 rings (SSSR count). The van der Waals surface area contributed by atoms with Gasteiger partial charge in [-0.15, -0.1) is 10.2 Å². The average Bonchev–Trinajstić information content (AvgIpc) is 2.55. The molecule has 2 aromatic carbocycles. The second-order valence-corrected chi connectivity index (χ2v) is 4.81. The SMILES string of the molecule is Nc1nnc(-c2cccc(C(F)(F)F)c2)c(-c2ccccc2)n1. The van der Waals surface area contributed by atoms with Crippen molar-refractivity contribution >= 4 is 5.95 Å². The lowest BCUT2D eigenvalue weighted by molar-refractivity contribution is -0.137. The molecule has 0 radical (unpaired) electrons. The second kappa shape index (κ2) is 5.68. The summed E-state index contributed by atoms with van der Waals surface area (Å²) in [6.07, 6.45) is -4.43. The molecule has 0 bridgehead atoms.